The lowest BCUT2D eigenvalue weighted by Crippen LogP contribution is -2.54. The van der Waals surface area contributed by atoms with Gasteiger partial charge in [-0.15, -0.1) is 0 Å². The topological polar surface area (TPSA) is 82.9 Å². The molecule has 0 bridgehead atoms. The van der Waals surface area contributed by atoms with Crippen molar-refractivity contribution in [3.05, 3.63) is 24.2 Å². The molecule has 2 saturated heterocycles. The number of carbonyl (C=O) groups excluding carboxylic acids is 3. The molecule has 2 aliphatic heterocycles. The minimum atomic E-state index is -0.605. The smallest absolute Gasteiger partial charge is 0.287 e. The van der Waals surface area contributed by atoms with Gasteiger partial charge in [-0.05, 0) is 50.2 Å². The normalized spacial score (nSPS) is 19.5. The zero-order chi connectivity index (χ0) is 20.1. The lowest BCUT2D eigenvalue weighted by atomic mass is 9.93. The Kier molecular flexibility index (Phi) is 6.75. The van der Waals surface area contributed by atoms with Gasteiger partial charge < -0.3 is 19.5 Å². The zero-order valence-corrected chi connectivity index (χ0v) is 16.9. The molecule has 0 spiro atoms. The summed E-state index contributed by atoms with van der Waals surface area (Å²) in [5.41, 5.74) is 0. The number of furan rings is 1. The summed E-state index contributed by atoms with van der Waals surface area (Å²) in [7, 11) is 0. The molecule has 0 aliphatic carbocycles. The molecular formula is C21H31N3O4. The van der Waals surface area contributed by atoms with E-state index in [0.29, 0.717) is 25.9 Å². The van der Waals surface area contributed by atoms with Crippen LogP contribution in [0.15, 0.2) is 22.8 Å². The van der Waals surface area contributed by atoms with Gasteiger partial charge in [-0.3, -0.25) is 14.4 Å². The van der Waals surface area contributed by atoms with Crippen molar-refractivity contribution >= 4 is 17.7 Å². The summed E-state index contributed by atoms with van der Waals surface area (Å²) < 4.78 is 5.12. The molecular weight excluding hydrogens is 358 g/mol. The average molecular weight is 389 g/mol. The minimum absolute atomic E-state index is 0.0114. The molecule has 1 atom stereocenters. The van der Waals surface area contributed by atoms with Gasteiger partial charge in [0.15, 0.2) is 5.76 Å². The van der Waals surface area contributed by atoms with Crippen LogP contribution in [0.2, 0.25) is 0 Å². The predicted molar refractivity (Wildman–Crippen MR) is 105 cm³/mol. The molecule has 28 heavy (non-hydrogen) atoms. The number of nitrogens with zero attached hydrogens (tertiary/aromatic N) is 2. The van der Waals surface area contributed by atoms with Crippen LogP contribution in [0.5, 0.6) is 0 Å². The monoisotopic (exact) mass is 389 g/mol. The van der Waals surface area contributed by atoms with Gasteiger partial charge >= 0.3 is 0 Å². The molecule has 3 amide bonds. The predicted octanol–water partition coefficient (Wildman–Crippen LogP) is 2.29. The highest BCUT2D eigenvalue weighted by Crippen LogP contribution is 2.23. The Labute approximate surface area is 166 Å². The van der Waals surface area contributed by atoms with E-state index in [-0.39, 0.29) is 35.3 Å². The Morgan fingerprint density at radius 3 is 2.29 bits per heavy atom. The van der Waals surface area contributed by atoms with E-state index in [2.05, 4.69) is 5.32 Å². The fraction of sp³-hybridized carbons (Fsp3) is 0.667. The third-order valence-corrected chi connectivity index (χ3v) is 5.79. The molecule has 1 unspecified atom stereocenters. The summed E-state index contributed by atoms with van der Waals surface area (Å²) in [5, 5.41) is 2.80. The minimum Gasteiger partial charge on any atom is -0.459 e. The molecule has 2 aliphatic rings. The first-order valence-corrected chi connectivity index (χ1v) is 10.4. The SMILES string of the molecule is CC(C)C(NC(=O)c1ccco1)C(=O)N1CCC(C(=O)N2CCCCC2)CC1. The quantitative estimate of drug-likeness (QED) is 0.838. The molecule has 0 aromatic carbocycles. The van der Waals surface area contributed by atoms with E-state index < -0.39 is 6.04 Å². The van der Waals surface area contributed by atoms with Crippen molar-refractivity contribution in [2.24, 2.45) is 11.8 Å². The Hall–Kier alpha value is -2.31. The van der Waals surface area contributed by atoms with Crippen molar-refractivity contribution in [2.75, 3.05) is 26.2 Å². The van der Waals surface area contributed by atoms with Crippen molar-refractivity contribution < 1.29 is 18.8 Å². The van der Waals surface area contributed by atoms with Crippen LogP contribution >= 0.6 is 0 Å². The Morgan fingerprint density at radius 2 is 1.71 bits per heavy atom. The highest BCUT2D eigenvalue weighted by Gasteiger charge is 2.34. The van der Waals surface area contributed by atoms with Crippen LogP contribution in [0.4, 0.5) is 0 Å². The van der Waals surface area contributed by atoms with Gasteiger partial charge in [0, 0.05) is 32.1 Å². The van der Waals surface area contributed by atoms with E-state index >= 15 is 0 Å². The number of hydrogen-bond acceptors (Lipinski definition) is 4. The fourth-order valence-corrected chi connectivity index (χ4v) is 4.05. The maximum absolute atomic E-state index is 13.0. The summed E-state index contributed by atoms with van der Waals surface area (Å²) in [5.74, 6) is -0.0508. The maximum atomic E-state index is 13.0. The summed E-state index contributed by atoms with van der Waals surface area (Å²) >= 11 is 0. The molecule has 1 aromatic rings. The molecule has 3 rings (SSSR count). The third-order valence-electron chi connectivity index (χ3n) is 5.79. The maximum Gasteiger partial charge on any atom is 0.287 e. The van der Waals surface area contributed by atoms with Gasteiger partial charge in [-0.1, -0.05) is 13.8 Å². The van der Waals surface area contributed by atoms with E-state index in [4.69, 9.17) is 4.42 Å². The molecule has 2 fully saturated rings. The zero-order valence-electron chi connectivity index (χ0n) is 16.9. The second-order valence-corrected chi connectivity index (χ2v) is 8.16. The number of carbonyl (C=O) groups is 3. The summed E-state index contributed by atoms with van der Waals surface area (Å²) in [4.78, 5) is 41.8. The van der Waals surface area contributed by atoms with E-state index in [1.165, 1.54) is 12.7 Å². The van der Waals surface area contributed by atoms with Crippen molar-refractivity contribution in [3.63, 3.8) is 0 Å². The Morgan fingerprint density at radius 1 is 1.04 bits per heavy atom. The number of likely N-dealkylation sites (tertiary alicyclic amines) is 2. The van der Waals surface area contributed by atoms with Crippen LogP contribution in [-0.2, 0) is 9.59 Å². The third kappa shape index (κ3) is 4.75. The molecule has 1 aromatic heterocycles. The van der Waals surface area contributed by atoms with Crippen molar-refractivity contribution in [3.8, 4) is 0 Å². The molecule has 154 valence electrons. The van der Waals surface area contributed by atoms with E-state index in [1.807, 2.05) is 18.7 Å². The second-order valence-electron chi connectivity index (χ2n) is 8.16. The second kappa shape index (κ2) is 9.26. The Balaban J connectivity index is 1.54. The van der Waals surface area contributed by atoms with Crippen molar-refractivity contribution in [2.45, 2.75) is 52.0 Å². The van der Waals surface area contributed by atoms with Crippen LogP contribution in [0.25, 0.3) is 0 Å². The van der Waals surface area contributed by atoms with Crippen molar-refractivity contribution in [1.82, 2.24) is 15.1 Å². The number of amides is 3. The molecule has 0 radical (unpaired) electrons. The van der Waals surface area contributed by atoms with Crippen LogP contribution in [-0.4, -0.2) is 59.7 Å². The first-order valence-electron chi connectivity index (χ1n) is 10.4. The first-order chi connectivity index (χ1) is 13.5. The summed E-state index contributed by atoms with van der Waals surface area (Å²) in [6, 6.07) is 2.62. The molecule has 1 N–H and O–H groups in total. The Bertz CT molecular complexity index is 672. The van der Waals surface area contributed by atoms with Gasteiger partial charge in [-0.2, -0.15) is 0 Å². The molecule has 7 heteroatoms. The van der Waals surface area contributed by atoms with E-state index in [0.717, 1.165) is 25.9 Å². The largest absolute Gasteiger partial charge is 0.459 e. The summed E-state index contributed by atoms with van der Waals surface area (Å²) in [6.45, 7) is 6.68. The fourth-order valence-electron chi connectivity index (χ4n) is 4.05. The van der Waals surface area contributed by atoms with Crippen molar-refractivity contribution in [1.29, 1.82) is 0 Å². The van der Waals surface area contributed by atoms with Gasteiger partial charge in [0.05, 0.1) is 6.26 Å². The number of hydrogen-bond donors (Lipinski definition) is 1. The van der Waals surface area contributed by atoms with Gasteiger partial charge in [0.2, 0.25) is 11.8 Å². The van der Waals surface area contributed by atoms with Crippen LogP contribution in [0.1, 0.15) is 56.5 Å². The number of rotatable bonds is 5. The molecule has 7 nitrogen and oxygen atoms in total. The first kappa shape index (κ1) is 20.4. The van der Waals surface area contributed by atoms with Crippen LogP contribution < -0.4 is 5.32 Å². The van der Waals surface area contributed by atoms with Gasteiger partial charge in [0.1, 0.15) is 6.04 Å². The van der Waals surface area contributed by atoms with Crippen LogP contribution in [0, 0.1) is 11.8 Å². The molecule has 0 saturated carbocycles. The number of nitrogens with one attached hydrogen (secondary N) is 1. The van der Waals surface area contributed by atoms with Crippen LogP contribution in [0.3, 0.4) is 0 Å². The average Bonchev–Trinajstić information content (AvgIpc) is 3.26. The highest BCUT2D eigenvalue weighted by atomic mass is 16.3. The van der Waals surface area contributed by atoms with E-state index in [9.17, 15) is 14.4 Å². The van der Waals surface area contributed by atoms with Gasteiger partial charge in [-0.25, -0.2) is 0 Å². The highest BCUT2D eigenvalue weighted by molar-refractivity contribution is 5.95. The number of piperidine rings is 2. The molecule has 3 heterocycles. The lowest BCUT2D eigenvalue weighted by Gasteiger charge is -2.37. The van der Waals surface area contributed by atoms with Gasteiger partial charge in [0.25, 0.3) is 5.91 Å². The standard InChI is InChI=1S/C21H31N3O4/c1-15(2)18(22-19(25)17-7-6-14-28-17)21(27)24-12-8-16(9-13-24)20(26)23-10-4-3-5-11-23/h6-7,14-16,18H,3-5,8-13H2,1-2H3,(H,22,25). The van der Waals surface area contributed by atoms with E-state index in [1.54, 1.807) is 17.0 Å². The lowest BCUT2D eigenvalue weighted by molar-refractivity contribution is -0.142. The summed E-state index contributed by atoms with van der Waals surface area (Å²) in [6.07, 6.45) is 6.21.